The summed E-state index contributed by atoms with van der Waals surface area (Å²) in [5, 5.41) is 13.3. The molecule has 2 aromatic carbocycles. The van der Waals surface area contributed by atoms with Gasteiger partial charge in [-0.15, -0.1) is 11.3 Å². The summed E-state index contributed by atoms with van der Waals surface area (Å²) in [6.45, 7) is 1.16. The van der Waals surface area contributed by atoms with E-state index in [9.17, 15) is 18.4 Å². The molecule has 4 heterocycles. The Hall–Kier alpha value is -3.69. The van der Waals surface area contributed by atoms with Crippen molar-refractivity contribution < 1.29 is 22.3 Å². The van der Waals surface area contributed by atoms with Gasteiger partial charge in [0.05, 0.1) is 17.4 Å². The van der Waals surface area contributed by atoms with Crippen molar-refractivity contribution >= 4 is 43.1 Å². The molecule has 2 fully saturated rings. The van der Waals surface area contributed by atoms with E-state index in [-0.39, 0.29) is 55.2 Å². The number of nitrogens with one attached hydrogen (secondary N) is 1. The first-order valence-electron chi connectivity index (χ1n) is 11.6. The van der Waals surface area contributed by atoms with Crippen molar-refractivity contribution in [1.82, 2.24) is 15.3 Å². The number of nitrogens with zero attached hydrogens (tertiary/aromatic N) is 4. The topological polar surface area (TPSA) is 100 Å². The Morgan fingerprint density at radius 3 is 2.59 bits per heavy atom. The van der Waals surface area contributed by atoms with E-state index in [1.807, 2.05) is 11.0 Å². The number of aromatic nitrogens is 2. The zero-order valence-electron chi connectivity index (χ0n) is 19.5. The van der Waals surface area contributed by atoms with Gasteiger partial charge in [0.1, 0.15) is 28.2 Å². The van der Waals surface area contributed by atoms with E-state index in [0.717, 1.165) is 30.2 Å². The minimum atomic E-state index is -3.08. The van der Waals surface area contributed by atoms with E-state index >= 15 is 4.39 Å². The molecule has 0 radical (unpaired) electrons. The smallest absolute Gasteiger partial charge is 0.318 e. The first-order valence-corrected chi connectivity index (χ1v) is 12.4. The Balaban J connectivity index is 1.67. The SMILES string of the molecule is COc1nc(N2CC3CCC(C2)N3)c2cc(C(F)F)c(-c3ccc(F)c4sc(N)c(C#N)c34)c(F)c2n1. The highest BCUT2D eigenvalue weighted by Gasteiger charge is 2.35. The van der Waals surface area contributed by atoms with Gasteiger partial charge in [0.25, 0.3) is 6.43 Å². The summed E-state index contributed by atoms with van der Waals surface area (Å²) in [7, 11) is 1.34. The van der Waals surface area contributed by atoms with E-state index in [0.29, 0.717) is 18.9 Å². The van der Waals surface area contributed by atoms with Gasteiger partial charge in [0.2, 0.25) is 0 Å². The second-order valence-corrected chi connectivity index (χ2v) is 10.2. The van der Waals surface area contributed by atoms with Crippen LogP contribution < -0.4 is 20.7 Å². The first kappa shape index (κ1) is 23.7. The summed E-state index contributed by atoms with van der Waals surface area (Å²) < 4.78 is 65.2. The second kappa shape index (κ2) is 8.71. The van der Waals surface area contributed by atoms with Crippen LogP contribution in [0.25, 0.3) is 32.1 Å². The fourth-order valence-corrected chi connectivity index (χ4v) is 6.42. The number of piperazine rings is 1. The highest BCUT2D eigenvalue weighted by molar-refractivity contribution is 7.23. The third-order valence-electron chi connectivity index (χ3n) is 7.05. The Labute approximate surface area is 212 Å². The summed E-state index contributed by atoms with van der Waals surface area (Å²) in [6.07, 6.45) is -1.12. The maximum atomic E-state index is 16.4. The van der Waals surface area contributed by atoms with Crippen LogP contribution in [-0.2, 0) is 0 Å². The first-order chi connectivity index (χ1) is 17.8. The number of benzene rings is 2. The summed E-state index contributed by atoms with van der Waals surface area (Å²) in [5.74, 6) is -1.40. The number of halogens is 4. The molecular formula is C25H20F4N6OS. The Morgan fingerprint density at radius 1 is 1.22 bits per heavy atom. The lowest BCUT2D eigenvalue weighted by Crippen LogP contribution is -2.51. The van der Waals surface area contributed by atoms with Crippen molar-refractivity contribution in [2.45, 2.75) is 31.4 Å². The third-order valence-corrected chi connectivity index (χ3v) is 8.08. The van der Waals surface area contributed by atoms with Crippen LogP contribution in [0.5, 0.6) is 6.01 Å². The highest BCUT2D eigenvalue weighted by Crippen LogP contribution is 2.46. The van der Waals surface area contributed by atoms with Gasteiger partial charge in [-0.05, 0) is 30.5 Å². The molecule has 37 heavy (non-hydrogen) atoms. The average molecular weight is 529 g/mol. The molecule has 2 unspecified atom stereocenters. The molecule has 6 rings (SSSR count). The minimum Gasteiger partial charge on any atom is -0.467 e. The minimum absolute atomic E-state index is 0.00919. The highest BCUT2D eigenvalue weighted by atomic mass is 32.1. The molecule has 12 heteroatoms. The van der Waals surface area contributed by atoms with Gasteiger partial charge in [0, 0.05) is 47.1 Å². The maximum absolute atomic E-state index is 16.4. The number of nitriles is 1. The number of anilines is 2. The van der Waals surface area contributed by atoms with Crippen LogP contribution in [0, 0.1) is 23.0 Å². The lowest BCUT2D eigenvalue weighted by Gasteiger charge is -2.34. The molecule has 3 N–H and O–H groups in total. The lowest BCUT2D eigenvalue weighted by atomic mass is 9.93. The second-order valence-electron chi connectivity index (χ2n) is 9.18. The number of hydrogen-bond donors (Lipinski definition) is 2. The van der Waals surface area contributed by atoms with Crippen LogP contribution in [0.4, 0.5) is 28.4 Å². The van der Waals surface area contributed by atoms with Crippen molar-refractivity contribution in [3.8, 4) is 23.2 Å². The van der Waals surface area contributed by atoms with Crippen LogP contribution in [0.3, 0.4) is 0 Å². The summed E-state index contributed by atoms with van der Waals surface area (Å²) >= 11 is 0.808. The molecular weight excluding hydrogens is 508 g/mol. The van der Waals surface area contributed by atoms with E-state index in [1.54, 1.807) is 0 Å². The molecule has 0 spiro atoms. The van der Waals surface area contributed by atoms with Crippen molar-refractivity contribution in [2.75, 3.05) is 30.8 Å². The molecule has 0 saturated carbocycles. The van der Waals surface area contributed by atoms with Crippen LogP contribution in [0.1, 0.15) is 30.4 Å². The number of rotatable bonds is 4. The molecule has 4 aromatic rings. The van der Waals surface area contributed by atoms with Crippen LogP contribution in [0.15, 0.2) is 18.2 Å². The fourth-order valence-electron chi connectivity index (χ4n) is 5.47. The molecule has 2 saturated heterocycles. The Morgan fingerprint density at radius 2 is 1.95 bits per heavy atom. The largest absolute Gasteiger partial charge is 0.467 e. The van der Waals surface area contributed by atoms with Crippen LogP contribution in [0.2, 0.25) is 0 Å². The molecule has 190 valence electrons. The van der Waals surface area contributed by atoms with E-state index in [1.165, 1.54) is 19.2 Å². The zero-order valence-corrected chi connectivity index (χ0v) is 20.3. The molecule has 2 aromatic heterocycles. The molecule has 2 aliphatic rings. The van der Waals surface area contributed by atoms with Gasteiger partial charge in [-0.2, -0.15) is 15.2 Å². The van der Waals surface area contributed by atoms with Gasteiger partial charge < -0.3 is 20.7 Å². The maximum Gasteiger partial charge on any atom is 0.318 e. The van der Waals surface area contributed by atoms with Crippen molar-refractivity contribution in [2.24, 2.45) is 0 Å². The number of thiophene rings is 1. The summed E-state index contributed by atoms with van der Waals surface area (Å²) in [6, 6.07) is 5.65. The number of hydrogen-bond acceptors (Lipinski definition) is 8. The number of nitrogens with two attached hydrogens (primary N) is 1. The van der Waals surface area contributed by atoms with Gasteiger partial charge >= 0.3 is 6.01 Å². The number of methoxy groups -OCH3 is 1. The molecule has 2 atom stereocenters. The van der Waals surface area contributed by atoms with Crippen LogP contribution >= 0.6 is 11.3 Å². The summed E-state index contributed by atoms with van der Waals surface area (Å²) in [4.78, 5) is 10.5. The van der Waals surface area contributed by atoms with Crippen LogP contribution in [-0.4, -0.2) is 42.3 Å². The monoisotopic (exact) mass is 528 g/mol. The van der Waals surface area contributed by atoms with Crippen molar-refractivity contribution in [1.29, 1.82) is 5.26 Å². The Bertz CT molecular complexity index is 1610. The number of alkyl halides is 2. The number of fused-ring (bicyclic) bond motifs is 4. The van der Waals surface area contributed by atoms with Gasteiger partial charge in [-0.25, -0.2) is 17.6 Å². The molecule has 7 nitrogen and oxygen atoms in total. The fraction of sp³-hybridized carbons (Fsp3) is 0.320. The zero-order chi connectivity index (χ0) is 26.0. The van der Waals surface area contributed by atoms with E-state index in [2.05, 4.69) is 15.3 Å². The number of ether oxygens (including phenoxy) is 1. The molecule has 0 aliphatic carbocycles. The van der Waals surface area contributed by atoms with Crippen molar-refractivity contribution in [3.63, 3.8) is 0 Å². The average Bonchev–Trinajstić information content (AvgIpc) is 3.41. The molecule has 0 amide bonds. The third kappa shape index (κ3) is 3.64. The standard InChI is InChI=1S/C25H20F4N6OS/c1-36-25-33-20-14(24(34-25)35-8-10-2-3-11(9-35)32-10)6-13(22(28)29)17(19(20)27)12-4-5-16(26)21-18(12)15(7-30)23(31)37-21/h4-6,10-11,22,32H,2-3,8-9,31H2,1H3. The number of nitrogen functional groups attached to an aromatic ring is 1. The van der Waals surface area contributed by atoms with E-state index < -0.39 is 29.2 Å². The summed E-state index contributed by atoms with van der Waals surface area (Å²) in [5.41, 5.74) is 4.48. The Kier molecular flexibility index (Phi) is 5.58. The predicted octanol–water partition coefficient (Wildman–Crippen LogP) is 5.13. The quantitative estimate of drug-likeness (QED) is 0.354. The van der Waals surface area contributed by atoms with Crippen molar-refractivity contribution in [3.05, 3.63) is 41.0 Å². The van der Waals surface area contributed by atoms with Gasteiger partial charge in [0.15, 0.2) is 5.82 Å². The molecule has 2 bridgehead atoms. The lowest BCUT2D eigenvalue weighted by molar-refractivity contribution is 0.152. The normalized spacial score (nSPS) is 19.2. The van der Waals surface area contributed by atoms with Gasteiger partial charge in [-0.3, -0.25) is 0 Å². The molecule has 2 aliphatic heterocycles. The predicted molar refractivity (Wildman–Crippen MR) is 133 cm³/mol. The van der Waals surface area contributed by atoms with E-state index in [4.69, 9.17) is 10.5 Å². The van der Waals surface area contributed by atoms with Gasteiger partial charge in [-0.1, -0.05) is 6.07 Å².